The minimum Gasteiger partial charge on any atom is -0.497 e. The van der Waals surface area contributed by atoms with E-state index in [4.69, 9.17) is 4.74 Å². The highest BCUT2D eigenvalue weighted by atomic mass is 19.1. The van der Waals surface area contributed by atoms with Crippen LogP contribution in [-0.2, 0) is 13.1 Å². The first-order valence-electron chi connectivity index (χ1n) is 6.07. The second-order valence-electron chi connectivity index (χ2n) is 4.30. The third kappa shape index (κ3) is 3.51. The van der Waals surface area contributed by atoms with E-state index in [1.54, 1.807) is 12.1 Å². The van der Waals surface area contributed by atoms with Gasteiger partial charge >= 0.3 is 0 Å². The minimum atomic E-state index is -0.618. The van der Waals surface area contributed by atoms with Gasteiger partial charge in [-0.2, -0.15) is 0 Å². The molecule has 0 atom stereocenters. The number of nitrogens with one attached hydrogen (secondary N) is 1. The molecule has 0 bridgehead atoms. The van der Waals surface area contributed by atoms with Gasteiger partial charge in [0.05, 0.1) is 7.11 Å². The molecule has 2 rings (SSSR count). The molecule has 0 spiro atoms. The lowest BCUT2D eigenvalue weighted by molar-refractivity contribution is 0.410. The average Bonchev–Trinajstić information content (AvgIpc) is 2.42. The molecule has 2 aromatic rings. The fraction of sp³-hybridized carbons (Fsp3) is 0.200. The summed E-state index contributed by atoms with van der Waals surface area (Å²) < 4.78 is 44.7. The second kappa shape index (κ2) is 6.43. The zero-order chi connectivity index (χ0) is 14.5. The van der Waals surface area contributed by atoms with Crippen LogP contribution in [0.25, 0.3) is 0 Å². The first-order valence-corrected chi connectivity index (χ1v) is 6.07. The van der Waals surface area contributed by atoms with Crippen molar-refractivity contribution in [1.29, 1.82) is 0 Å². The van der Waals surface area contributed by atoms with E-state index >= 15 is 0 Å². The van der Waals surface area contributed by atoms with E-state index in [0.717, 1.165) is 6.07 Å². The van der Waals surface area contributed by atoms with Gasteiger partial charge in [-0.1, -0.05) is 12.1 Å². The highest BCUT2D eigenvalue weighted by Gasteiger charge is 2.06. The van der Waals surface area contributed by atoms with E-state index < -0.39 is 17.5 Å². The van der Waals surface area contributed by atoms with Crippen LogP contribution in [-0.4, -0.2) is 7.11 Å². The maximum absolute atomic E-state index is 13.7. The Morgan fingerprint density at radius 1 is 0.900 bits per heavy atom. The Balaban J connectivity index is 1.96. The summed E-state index contributed by atoms with van der Waals surface area (Å²) in [6.45, 7) is 0.435. The monoisotopic (exact) mass is 281 g/mol. The van der Waals surface area contributed by atoms with Crippen molar-refractivity contribution < 1.29 is 17.9 Å². The van der Waals surface area contributed by atoms with Gasteiger partial charge < -0.3 is 10.1 Å². The minimum absolute atomic E-state index is 0.192. The Hall–Kier alpha value is -2.01. The van der Waals surface area contributed by atoms with Gasteiger partial charge in [-0.05, 0) is 12.1 Å². The molecule has 0 aliphatic carbocycles. The van der Waals surface area contributed by atoms with Crippen LogP contribution in [0.2, 0.25) is 0 Å². The van der Waals surface area contributed by atoms with Crippen molar-refractivity contribution in [2.24, 2.45) is 0 Å². The van der Waals surface area contributed by atoms with Gasteiger partial charge in [0, 0.05) is 36.3 Å². The smallest absolute Gasteiger partial charge is 0.131 e. The van der Waals surface area contributed by atoms with Crippen LogP contribution >= 0.6 is 0 Å². The van der Waals surface area contributed by atoms with Crippen molar-refractivity contribution >= 4 is 0 Å². The molecule has 0 aromatic heterocycles. The number of hydrogen-bond acceptors (Lipinski definition) is 2. The molecule has 0 saturated heterocycles. The molecule has 20 heavy (non-hydrogen) atoms. The summed E-state index contributed by atoms with van der Waals surface area (Å²) in [5, 5.41) is 2.91. The maximum Gasteiger partial charge on any atom is 0.131 e. The molecule has 0 aliphatic rings. The number of benzene rings is 2. The predicted octanol–water partition coefficient (Wildman–Crippen LogP) is 3.40. The van der Waals surface area contributed by atoms with Crippen molar-refractivity contribution in [3.05, 3.63) is 65.0 Å². The van der Waals surface area contributed by atoms with Crippen molar-refractivity contribution in [1.82, 2.24) is 5.32 Å². The summed E-state index contributed by atoms with van der Waals surface area (Å²) in [5.41, 5.74) is 0.786. The van der Waals surface area contributed by atoms with E-state index in [1.807, 2.05) is 0 Å². The standard InChI is InChI=1S/C15H14F3NO/c1-20-13-5-3-11(15(18)7-13)9-19-8-10-2-4-12(16)6-14(10)17/h2-7,19H,8-9H2,1H3. The quantitative estimate of drug-likeness (QED) is 0.907. The lowest BCUT2D eigenvalue weighted by Crippen LogP contribution is -2.14. The fourth-order valence-corrected chi connectivity index (χ4v) is 1.80. The highest BCUT2D eigenvalue weighted by Crippen LogP contribution is 2.16. The van der Waals surface area contributed by atoms with Crippen LogP contribution in [0.15, 0.2) is 36.4 Å². The Kier molecular flexibility index (Phi) is 4.63. The summed E-state index contributed by atoms with van der Waals surface area (Å²) in [6, 6.07) is 7.91. The Morgan fingerprint density at radius 3 is 2.05 bits per heavy atom. The van der Waals surface area contributed by atoms with E-state index in [-0.39, 0.29) is 13.1 Å². The summed E-state index contributed by atoms with van der Waals surface area (Å²) in [5.74, 6) is -1.19. The molecule has 0 radical (unpaired) electrons. The Bertz CT molecular complexity index is 602. The van der Waals surface area contributed by atoms with E-state index in [0.29, 0.717) is 16.9 Å². The molecule has 106 valence electrons. The average molecular weight is 281 g/mol. The molecule has 0 fully saturated rings. The molecular formula is C15H14F3NO. The van der Waals surface area contributed by atoms with E-state index in [2.05, 4.69) is 5.32 Å². The molecule has 2 aromatic carbocycles. The third-order valence-corrected chi connectivity index (χ3v) is 2.91. The van der Waals surface area contributed by atoms with Gasteiger partial charge in [0.2, 0.25) is 0 Å². The van der Waals surface area contributed by atoms with Crippen molar-refractivity contribution in [3.63, 3.8) is 0 Å². The Morgan fingerprint density at radius 2 is 1.50 bits per heavy atom. The number of halogens is 3. The highest BCUT2D eigenvalue weighted by molar-refractivity contribution is 5.29. The molecule has 2 nitrogen and oxygen atoms in total. The van der Waals surface area contributed by atoms with Crippen molar-refractivity contribution in [3.8, 4) is 5.75 Å². The predicted molar refractivity (Wildman–Crippen MR) is 69.9 cm³/mol. The van der Waals surface area contributed by atoms with Crippen LogP contribution in [0.3, 0.4) is 0 Å². The summed E-state index contributed by atoms with van der Waals surface area (Å²) in [4.78, 5) is 0. The van der Waals surface area contributed by atoms with Gasteiger partial charge in [0.25, 0.3) is 0 Å². The van der Waals surface area contributed by atoms with Gasteiger partial charge in [0.1, 0.15) is 23.2 Å². The number of ether oxygens (including phenoxy) is 1. The van der Waals surface area contributed by atoms with E-state index in [9.17, 15) is 13.2 Å². The molecule has 5 heteroatoms. The summed E-state index contributed by atoms with van der Waals surface area (Å²) in [7, 11) is 1.46. The largest absolute Gasteiger partial charge is 0.497 e. The zero-order valence-corrected chi connectivity index (χ0v) is 10.9. The van der Waals surface area contributed by atoms with Crippen LogP contribution in [0.1, 0.15) is 11.1 Å². The van der Waals surface area contributed by atoms with Gasteiger partial charge in [0.15, 0.2) is 0 Å². The van der Waals surface area contributed by atoms with Gasteiger partial charge in [-0.3, -0.25) is 0 Å². The van der Waals surface area contributed by atoms with Gasteiger partial charge in [-0.25, -0.2) is 13.2 Å². The molecule has 0 aliphatic heterocycles. The van der Waals surface area contributed by atoms with Crippen molar-refractivity contribution in [2.75, 3.05) is 7.11 Å². The zero-order valence-electron chi connectivity index (χ0n) is 10.9. The molecular weight excluding hydrogens is 267 g/mol. The first-order chi connectivity index (χ1) is 9.60. The van der Waals surface area contributed by atoms with Crippen molar-refractivity contribution in [2.45, 2.75) is 13.1 Å². The fourth-order valence-electron chi connectivity index (χ4n) is 1.80. The molecule has 0 heterocycles. The SMILES string of the molecule is COc1ccc(CNCc2ccc(F)cc2F)c(F)c1. The third-order valence-electron chi connectivity index (χ3n) is 2.91. The van der Waals surface area contributed by atoms with Crippen LogP contribution in [0, 0.1) is 17.5 Å². The van der Waals surface area contributed by atoms with Gasteiger partial charge in [-0.15, -0.1) is 0 Å². The second-order valence-corrected chi connectivity index (χ2v) is 4.30. The summed E-state index contributed by atoms with van der Waals surface area (Å²) in [6.07, 6.45) is 0. The molecule has 0 amide bonds. The van der Waals surface area contributed by atoms with Crippen LogP contribution in [0.5, 0.6) is 5.75 Å². The molecule has 0 unspecified atom stereocenters. The topological polar surface area (TPSA) is 21.3 Å². The van der Waals surface area contributed by atoms with E-state index in [1.165, 1.54) is 25.3 Å². The first kappa shape index (κ1) is 14.4. The van der Waals surface area contributed by atoms with Crippen LogP contribution in [0.4, 0.5) is 13.2 Å². The number of hydrogen-bond donors (Lipinski definition) is 1. The molecule has 1 N–H and O–H groups in total. The lowest BCUT2D eigenvalue weighted by Gasteiger charge is -2.08. The lowest BCUT2D eigenvalue weighted by atomic mass is 10.1. The normalized spacial score (nSPS) is 10.6. The number of methoxy groups -OCH3 is 1. The Labute approximate surface area is 115 Å². The summed E-state index contributed by atoms with van der Waals surface area (Å²) >= 11 is 0. The van der Waals surface area contributed by atoms with Crippen LogP contribution < -0.4 is 10.1 Å². The maximum atomic E-state index is 13.7. The molecule has 0 saturated carbocycles. The number of rotatable bonds is 5.